The number of nitro groups is 1. The van der Waals surface area contributed by atoms with Gasteiger partial charge in [0.15, 0.2) is 0 Å². The Balaban J connectivity index is 3.24. The molecule has 1 rings (SSSR count). The van der Waals surface area contributed by atoms with E-state index in [1.54, 1.807) is 17.7 Å². The van der Waals surface area contributed by atoms with Crippen molar-refractivity contribution in [2.75, 3.05) is 11.9 Å². The Labute approximate surface area is 94.1 Å². The predicted molar refractivity (Wildman–Crippen MR) is 62.7 cm³/mol. The number of anilines is 1. The van der Waals surface area contributed by atoms with Crippen molar-refractivity contribution in [2.45, 2.75) is 26.8 Å². The van der Waals surface area contributed by atoms with Crippen molar-refractivity contribution in [1.29, 1.82) is 0 Å². The van der Waals surface area contributed by atoms with Gasteiger partial charge in [0.1, 0.15) is 5.69 Å². The minimum absolute atomic E-state index is 0.0375. The normalized spacial score (nSPS) is 10.5. The number of aromatic nitrogens is 2. The number of nitrogens with one attached hydrogen (secondary N) is 1. The highest BCUT2D eigenvalue weighted by Gasteiger charge is 2.25. The van der Waals surface area contributed by atoms with Gasteiger partial charge in [0.25, 0.3) is 0 Å². The molecule has 0 aliphatic heterocycles. The summed E-state index contributed by atoms with van der Waals surface area (Å²) in [6.07, 6.45) is 1.65. The van der Waals surface area contributed by atoms with Gasteiger partial charge in [0.2, 0.25) is 5.82 Å². The standard InChI is InChI=1S/C10H16N4O2/c1-5-6-11-10-9(14(15)16)8(4)12-13(10)7(2)3/h5,7,11H,1,6H2,2-4H3. The lowest BCUT2D eigenvalue weighted by Crippen LogP contribution is -2.10. The molecule has 6 nitrogen and oxygen atoms in total. The van der Waals surface area contributed by atoms with Crippen LogP contribution in [0.1, 0.15) is 25.6 Å². The molecule has 1 aromatic rings. The lowest BCUT2D eigenvalue weighted by Gasteiger charge is -2.10. The van der Waals surface area contributed by atoms with E-state index in [9.17, 15) is 10.1 Å². The summed E-state index contributed by atoms with van der Waals surface area (Å²) in [5.41, 5.74) is 0.459. The van der Waals surface area contributed by atoms with Crippen LogP contribution in [-0.2, 0) is 0 Å². The molecular weight excluding hydrogens is 208 g/mol. The SMILES string of the molecule is C=CCNc1c([N+](=O)[O-])c(C)nn1C(C)C. The quantitative estimate of drug-likeness (QED) is 0.473. The second kappa shape index (κ2) is 4.78. The molecular formula is C10H16N4O2. The summed E-state index contributed by atoms with van der Waals surface area (Å²) in [5, 5.41) is 18.0. The monoisotopic (exact) mass is 224 g/mol. The van der Waals surface area contributed by atoms with Crippen LogP contribution >= 0.6 is 0 Å². The molecule has 6 heteroatoms. The molecule has 88 valence electrons. The summed E-state index contributed by atoms with van der Waals surface area (Å²) in [6.45, 7) is 9.53. The molecule has 16 heavy (non-hydrogen) atoms. The van der Waals surface area contributed by atoms with Crippen LogP contribution in [0.5, 0.6) is 0 Å². The van der Waals surface area contributed by atoms with E-state index in [0.29, 0.717) is 18.1 Å². The van der Waals surface area contributed by atoms with E-state index < -0.39 is 4.92 Å². The number of hydrogen-bond donors (Lipinski definition) is 1. The van der Waals surface area contributed by atoms with Crippen molar-refractivity contribution >= 4 is 11.5 Å². The van der Waals surface area contributed by atoms with Crippen molar-refractivity contribution in [1.82, 2.24) is 9.78 Å². The molecule has 0 fully saturated rings. The van der Waals surface area contributed by atoms with Crippen LogP contribution in [-0.4, -0.2) is 21.2 Å². The maximum atomic E-state index is 10.9. The van der Waals surface area contributed by atoms with Crippen LogP contribution in [0.15, 0.2) is 12.7 Å². The van der Waals surface area contributed by atoms with Crippen LogP contribution in [0.3, 0.4) is 0 Å². The van der Waals surface area contributed by atoms with E-state index >= 15 is 0 Å². The van der Waals surface area contributed by atoms with Gasteiger partial charge in [0.05, 0.1) is 4.92 Å². The first-order valence-corrected chi connectivity index (χ1v) is 5.07. The Morgan fingerprint density at radius 2 is 2.31 bits per heavy atom. The molecule has 0 aliphatic carbocycles. The Hall–Kier alpha value is -1.85. The van der Waals surface area contributed by atoms with E-state index in [1.807, 2.05) is 13.8 Å². The van der Waals surface area contributed by atoms with E-state index in [2.05, 4.69) is 17.0 Å². The van der Waals surface area contributed by atoms with Crippen LogP contribution < -0.4 is 5.32 Å². The van der Waals surface area contributed by atoms with Crippen LogP contribution in [0.2, 0.25) is 0 Å². The number of aryl methyl sites for hydroxylation is 1. The van der Waals surface area contributed by atoms with Crippen molar-refractivity contribution in [2.24, 2.45) is 0 Å². The minimum atomic E-state index is -0.410. The van der Waals surface area contributed by atoms with Crippen molar-refractivity contribution < 1.29 is 4.92 Å². The van der Waals surface area contributed by atoms with E-state index in [1.165, 1.54) is 0 Å². The van der Waals surface area contributed by atoms with Gasteiger partial charge in [-0.25, -0.2) is 4.68 Å². The fourth-order valence-electron chi connectivity index (χ4n) is 1.46. The largest absolute Gasteiger partial charge is 0.361 e. The topological polar surface area (TPSA) is 73.0 Å². The second-order valence-electron chi connectivity index (χ2n) is 3.75. The molecule has 0 radical (unpaired) electrons. The third-order valence-electron chi connectivity index (χ3n) is 2.14. The van der Waals surface area contributed by atoms with Gasteiger partial charge in [-0.3, -0.25) is 10.1 Å². The molecule has 1 N–H and O–H groups in total. The maximum absolute atomic E-state index is 10.9. The summed E-state index contributed by atoms with van der Waals surface area (Å²) in [5.74, 6) is 0.442. The van der Waals surface area contributed by atoms with E-state index in [4.69, 9.17) is 0 Å². The average Bonchev–Trinajstić information content (AvgIpc) is 2.52. The van der Waals surface area contributed by atoms with Crippen molar-refractivity contribution in [3.63, 3.8) is 0 Å². The van der Waals surface area contributed by atoms with E-state index in [0.717, 1.165) is 0 Å². The van der Waals surface area contributed by atoms with Gasteiger partial charge < -0.3 is 5.32 Å². The molecule has 0 spiro atoms. The first-order chi connectivity index (χ1) is 7.49. The molecule has 0 aromatic carbocycles. The Kier molecular flexibility index (Phi) is 3.65. The molecule has 0 atom stereocenters. The lowest BCUT2D eigenvalue weighted by molar-refractivity contribution is -0.384. The molecule has 1 heterocycles. The first-order valence-electron chi connectivity index (χ1n) is 5.07. The summed E-state index contributed by atoms with van der Waals surface area (Å²) in [4.78, 5) is 10.5. The third-order valence-corrected chi connectivity index (χ3v) is 2.14. The second-order valence-corrected chi connectivity index (χ2v) is 3.75. The lowest BCUT2D eigenvalue weighted by atomic mass is 10.3. The molecule has 0 amide bonds. The fraction of sp³-hybridized carbons (Fsp3) is 0.500. The maximum Gasteiger partial charge on any atom is 0.333 e. The van der Waals surface area contributed by atoms with Gasteiger partial charge in [-0.2, -0.15) is 5.10 Å². The highest BCUT2D eigenvalue weighted by atomic mass is 16.6. The van der Waals surface area contributed by atoms with Gasteiger partial charge in [-0.05, 0) is 20.8 Å². The summed E-state index contributed by atoms with van der Waals surface area (Å²) >= 11 is 0. The zero-order chi connectivity index (χ0) is 12.3. The van der Waals surface area contributed by atoms with Crippen molar-refractivity contribution in [3.05, 3.63) is 28.5 Å². The zero-order valence-electron chi connectivity index (χ0n) is 9.73. The molecule has 1 aromatic heterocycles. The van der Waals surface area contributed by atoms with Crippen molar-refractivity contribution in [3.8, 4) is 0 Å². The molecule has 0 saturated carbocycles. The summed E-state index contributed by atoms with van der Waals surface area (Å²) < 4.78 is 1.62. The highest BCUT2D eigenvalue weighted by molar-refractivity contribution is 5.60. The van der Waals surface area contributed by atoms with E-state index in [-0.39, 0.29) is 11.7 Å². The molecule has 0 unspecified atom stereocenters. The van der Waals surface area contributed by atoms with Gasteiger partial charge in [-0.1, -0.05) is 6.08 Å². The van der Waals surface area contributed by atoms with Gasteiger partial charge in [0, 0.05) is 12.6 Å². The smallest absolute Gasteiger partial charge is 0.333 e. The van der Waals surface area contributed by atoms with Gasteiger partial charge >= 0.3 is 5.69 Å². The van der Waals surface area contributed by atoms with Crippen LogP contribution in [0.25, 0.3) is 0 Å². The highest BCUT2D eigenvalue weighted by Crippen LogP contribution is 2.30. The molecule has 0 saturated heterocycles. The first kappa shape index (κ1) is 12.2. The Bertz CT molecular complexity index is 409. The van der Waals surface area contributed by atoms with Crippen LogP contribution in [0, 0.1) is 17.0 Å². The summed E-state index contributed by atoms with van der Waals surface area (Å²) in [6, 6.07) is 0.0692. The summed E-state index contributed by atoms with van der Waals surface area (Å²) in [7, 11) is 0. The number of rotatable bonds is 5. The average molecular weight is 224 g/mol. The Morgan fingerprint density at radius 3 is 2.75 bits per heavy atom. The Morgan fingerprint density at radius 1 is 1.69 bits per heavy atom. The minimum Gasteiger partial charge on any atom is -0.361 e. The molecule has 0 aliphatic rings. The zero-order valence-corrected chi connectivity index (χ0v) is 9.73. The number of hydrogen-bond acceptors (Lipinski definition) is 4. The number of nitrogens with zero attached hydrogens (tertiary/aromatic N) is 3. The van der Waals surface area contributed by atoms with Gasteiger partial charge in [-0.15, -0.1) is 6.58 Å². The molecule has 0 bridgehead atoms. The predicted octanol–water partition coefficient (Wildman–Crippen LogP) is 2.28. The van der Waals surface area contributed by atoms with Crippen LogP contribution in [0.4, 0.5) is 11.5 Å². The third kappa shape index (κ3) is 2.21. The fourth-order valence-corrected chi connectivity index (χ4v) is 1.46.